The normalized spacial score (nSPS) is 11.0. The molecule has 0 atom stereocenters. The van der Waals surface area contributed by atoms with Gasteiger partial charge in [0.1, 0.15) is 17.4 Å². The molecule has 1 aromatic heterocycles. The van der Waals surface area contributed by atoms with E-state index in [2.05, 4.69) is 26.2 Å². The summed E-state index contributed by atoms with van der Waals surface area (Å²) in [5, 5.41) is 3.18. The van der Waals surface area contributed by atoms with Gasteiger partial charge in [-0.05, 0) is 40.2 Å². The minimum absolute atomic E-state index is 0.251. The molecule has 0 aliphatic carbocycles. The Balaban J connectivity index is 2.23. The number of ether oxygens (including phenoxy) is 1. The third kappa shape index (κ3) is 4.47. The third-order valence-corrected chi connectivity index (χ3v) is 3.31. The Kier molecular flexibility index (Phi) is 5.25. The van der Waals surface area contributed by atoms with Crippen LogP contribution in [0.2, 0.25) is 0 Å². The van der Waals surface area contributed by atoms with Crippen molar-refractivity contribution in [2.24, 2.45) is 0 Å². The number of halogens is 3. The monoisotopic (exact) mass is 356 g/mol. The highest BCUT2D eigenvalue weighted by Gasteiger charge is 2.10. The van der Waals surface area contributed by atoms with E-state index in [9.17, 15) is 8.78 Å². The number of rotatable bonds is 5. The van der Waals surface area contributed by atoms with Gasteiger partial charge in [0.05, 0.1) is 10.7 Å². The Hall–Kier alpha value is -1.53. The van der Waals surface area contributed by atoms with E-state index >= 15 is 0 Å². The van der Waals surface area contributed by atoms with Crippen molar-refractivity contribution in [3.63, 3.8) is 0 Å². The summed E-state index contributed by atoms with van der Waals surface area (Å²) in [4.78, 5) is 3.96. The summed E-state index contributed by atoms with van der Waals surface area (Å²) >= 11 is 3.09. The van der Waals surface area contributed by atoms with Crippen molar-refractivity contribution in [2.45, 2.75) is 26.4 Å². The van der Waals surface area contributed by atoms with Gasteiger partial charge in [0.25, 0.3) is 0 Å². The SMILES string of the molecule is CC(C)NCc1cc(F)cnc1Oc1ccc(F)c(Br)c1. The molecule has 1 heterocycles. The number of benzene rings is 1. The average molecular weight is 357 g/mol. The Bertz CT molecular complexity index is 635. The second-order valence-corrected chi connectivity index (χ2v) is 5.69. The summed E-state index contributed by atoms with van der Waals surface area (Å²) in [6.45, 7) is 4.41. The first kappa shape index (κ1) is 15.9. The zero-order valence-electron chi connectivity index (χ0n) is 11.7. The highest BCUT2D eigenvalue weighted by atomic mass is 79.9. The Morgan fingerprint density at radius 2 is 2.05 bits per heavy atom. The molecule has 6 heteroatoms. The molecule has 0 aliphatic rings. The molecule has 3 nitrogen and oxygen atoms in total. The quantitative estimate of drug-likeness (QED) is 0.861. The minimum Gasteiger partial charge on any atom is -0.439 e. The van der Waals surface area contributed by atoms with Gasteiger partial charge >= 0.3 is 0 Å². The van der Waals surface area contributed by atoms with Crippen molar-refractivity contribution in [3.05, 3.63) is 52.1 Å². The molecule has 1 N–H and O–H groups in total. The van der Waals surface area contributed by atoms with Crippen LogP contribution in [-0.4, -0.2) is 11.0 Å². The summed E-state index contributed by atoms with van der Waals surface area (Å²) in [5.41, 5.74) is 0.601. The van der Waals surface area contributed by atoms with Crippen molar-refractivity contribution in [2.75, 3.05) is 0 Å². The molecule has 0 amide bonds. The maximum atomic E-state index is 13.3. The first-order valence-electron chi connectivity index (χ1n) is 6.46. The van der Waals surface area contributed by atoms with E-state index in [1.165, 1.54) is 24.3 Å². The number of nitrogens with one attached hydrogen (secondary N) is 1. The van der Waals surface area contributed by atoms with Gasteiger partial charge in [0, 0.05) is 18.2 Å². The fourth-order valence-electron chi connectivity index (χ4n) is 1.65. The number of nitrogens with zero attached hydrogens (tertiary/aromatic N) is 1. The van der Waals surface area contributed by atoms with Crippen molar-refractivity contribution in [3.8, 4) is 11.6 Å². The van der Waals surface area contributed by atoms with Crippen LogP contribution in [0.25, 0.3) is 0 Å². The zero-order chi connectivity index (χ0) is 15.4. The van der Waals surface area contributed by atoms with Crippen LogP contribution in [0.5, 0.6) is 11.6 Å². The molecule has 112 valence electrons. The molecular formula is C15H15BrF2N2O. The Labute approximate surface area is 130 Å². The summed E-state index contributed by atoms with van der Waals surface area (Å²) in [6.07, 6.45) is 1.09. The van der Waals surface area contributed by atoms with Gasteiger partial charge in [-0.2, -0.15) is 0 Å². The molecule has 2 rings (SSSR count). The van der Waals surface area contributed by atoms with E-state index in [4.69, 9.17) is 4.74 Å². The van der Waals surface area contributed by atoms with Crippen molar-refractivity contribution >= 4 is 15.9 Å². The van der Waals surface area contributed by atoms with Gasteiger partial charge in [-0.25, -0.2) is 13.8 Å². The fourth-order valence-corrected chi connectivity index (χ4v) is 2.01. The van der Waals surface area contributed by atoms with Gasteiger partial charge < -0.3 is 10.1 Å². The minimum atomic E-state index is -0.428. The van der Waals surface area contributed by atoms with E-state index in [0.29, 0.717) is 28.2 Å². The lowest BCUT2D eigenvalue weighted by Crippen LogP contribution is -2.22. The van der Waals surface area contributed by atoms with E-state index < -0.39 is 5.82 Å². The van der Waals surface area contributed by atoms with Crippen molar-refractivity contribution < 1.29 is 13.5 Å². The predicted molar refractivity (Wildman–Crippen MR) is 80.3 cm³/mol. The van der Waals surface area contributed by atoms with Crippen LogP contribution < -0.4 is 10.1 Å². The third-order valence-electron chi connectivity index (χ3n) is 2.70. The fraction of sp³-hybridized carbons (Fsp3) is 0.267. The molecule has 1 aromatic carbocycles. The standard InChI is InChI=1S/C15H15BrF2N2O/c1-9(2)19-7-10-5-11(17)8-20-15(10)21-12-3-4-14(18)13(16)6-12/h3-6,8-9,19H,7H2,1-2H3. The maximum absolute atomic E-state index is 13.3. The second-order valence-electron chi connectivity index (χ2n) is 4.83. The first-order valence-corrected chi connectivity index (χ1v) is 7.25. The van der Waals surface area contributed by atoms with E-state index in [-0.39, 0.29) is 11.9 Å². The van der Waals surface area contributed by atoms with Crippen LogP contribution in [0, 0.1) is 11.6 Å². The second kappa shape index (κ2) is 6.95. The highest BCUT2D eigenvalue weighted by Crippen LogP contribution is 2.27. The lowest BCUT2D eigenvalue weighted by atomic mass is 10.2. The van der Waals surface area contributed by atoms with Gasteiger partial charge in [-0.3, -0.25) is 0 Å². The maximum Gasteiger partial charge on any atom is 0.223 e. The van der Waals surface area contributed by atoms with Crippen LogP contribution in [-0.2, 0) is 6.54 Å². The van der Waals surface area contributed by atoms with Crippen LogP contribution in [0.3, 0.4) is 0 Å². The molecule has 0 radical (unpaired) electrons. The summed E-state index contributed by atoms with van der Waals surface area (Å²) in [6, 6.07) is 5.90. The predicted octanol–water partition coefficient (Wildman–Crippen LogP) is 4.41. The van der Waals surface area contributed by atoms with Crippen molar-refractivity contribution in [1.82, 2.24) is 10.3 Å². The van der Waals surface area contributed by atoms with Gasteiger partial charge in [-0.15, -0.1) is 0 Å². The zero-order valence-corrected chi connectivity index (χ0v) is 13.2. The van der Waals surface area contributed by atoms with Gasteiger partial charge in [0.2, 0.25) is 5.88 Å². The van der Waals surface area contributed by atoms with Crippen LogP contribution in [0.1, 0.15) is 19.4 Å². The largest absolute Gasteiger partial charge is 0.439 e. The number of hydrogen-bond donors (Lipinski definition) is 1. The molecule has 21 heavy (non-hydrogen) atoms. The molecule has 0 saturated heterocycles. The van der Waals surface area contributed by atoms with E-state index in [1.54, 1.807) is 0 Å². The number of pyridine rings is 1. The summed E-state index contributed by atoms with van der Waals surface area (Å²) < 4.78 is 32.4. The summed E-state index contributed by atoms with van der Waals surface area (Å²) in [7, 11) is 0. The van der Waals surface area contributed by atoms with Crippen LogP contribution in [0.4, 0.5) is 8.78 Å². The van der Waals surface area contributed by atoms with Crippen LogP contribution >= 0.6 is 15.9 Å². The van der Waals surface area contributed by atoms with E-state index in [1.807, 2.05) is 13.8 Å². The highest BCUT2D eigenvalue weighted by molar-refractivity contribution is 9.10. The topological polar surface area (TPSA) is 34.2 Å². The number of aromatic nitrogens is 1. The Morgan fingerprint density at radius 3 is 2.71 bits per heavy atom. The molecule has 0 fully saturated rings. The lowest BCUT2D eigenvalue weighted by Gasteiger charge is -2.13. The van der Waals surface area contributed by atoms with Gasteiger partial charge in [-0.1, -0.05) is 13.8 Å². The molecule has 0 bridgehead atoms. The number of hydrogen-bond acceptors (Lipinski definition) is 3. The average Bonchev–Trinajstić information content (AvgIpc) is 2.43. The summed E-state index contributed by atoms with van der Waals surface area (Å²) in [5.74, 6) is -0.0875. The lowest BCUT2D eigenvalue weighted by molar-refractivity contribution is 0.444. The molecule has 0 spiro atoms. The first-order chi connectivity index (χ1) is 9.95. The van der Waals surface area contributed by atoms with E-state index in [0.717, 1.165) is 6.20 Å². The molecule has 0 unspecified atom stereocenters. The molecular weight excluding hydrogens is 342 g/mol. The molecule has 2 aromatic rings. The van der Waals surface area contributed by atoms with Gasteiger partial charge in [0.15, 0.2) is 0 Å². The van der Waals surface area contributed by atoms with Crippen LogP contribution in [0.15, 0.2) is 34.9 Å². The Morgan fingerprint density at radius 1 is 1.29 bits per heavy atom. The smallest absolute Gasteiger partial charge is 0.223 e. The van der Waals surface area contributed by atoms with Crippen molar-refractivity contribution in [1.29, 1.82) is 0 Å². The molecule has 0 saturated carbocycles. The molecule has 0 aliphatic heterocycles.